The van der Waals surface area contributed by atoms with Gasteiger partial charge in [0.15, 0.2) is 0 Å². The number of hydrogen-bond acceptors (Lipinski definition) is 6. The summed E-state index contributed by atoms with van der Waals surface area (Å²) in [5.74, 6) is -2.26. The number of aliphatic hydroxyl groups excluding tert-OH is 1. The number of benzene rings is 1. The predicted octanol–water partition coefficient (Wildman–Crippen LogP) is 0.0195. The first-order valence-corrected chi connectivity index (χ1v) is 7.09. The molecule has 132 valence electrons. The molecule has 2 amide bonds. The number of rotatable bonds is 6. The number of nitrogens with one attached hydrogen (secondary N) is 2. The van der Waals surface area contributed by atoms with Crippen LogP contribution in [0.15, 0.2) is 17.1 Å². The normalized spacial score (nSPS) is 19.8. The number of primary amides is 1. The molecule has 1 aromatic carbocycles. The van der Waals surface area contributed by atoms with E-state index in [0.717, 1.165) is 12.1 Å². The molecule has 2 rings (SSSR count). The average Bonchev–Trinajstić information content (AvgIpc) is 2.89. The molecule has 5 N–H and O–H groups in total. The van der Waals surface area contributed by atoms with Gasteiger partial charge in [-0.1, -0.05) is 0 Å². The highest BCUT2D eigenvalue weighted by atomic mass is 19.1. The van der Waals surface area contributed by atoms with Gasteiger partial charge < -0.3 is 20.9 Å². The SMILES string of the molecule is COc1cc(F)c([C@@H]2CN=C(NOCCO)[C@H]2NC(N)=O)c(F)c1. The third-order valence-electron chi connectivity index (χ3n) is 3.48. The summed E-state index contributed by atoms with van der Waals surface area (Å²) in [5, 5.41) is 11.1. The molecular formula is C14H18F2N4O4. The maximum atomic E-state index is 14.3. The smallest absolute Gasteiger partial charge is 0.312 e. The van der Waals surface area contributed by atoms with Crippen molar-refractivity contribution in [2.24, 2.45) is 10.7 Å². The molecule has 1 heterocycles. The van der Waals surface area contributed by atoms with E-state index in [-0.39, 0.29) is 36.9 Å². The summed E-state index contributed by atoms with van der Waals surface area (Å²) < 4.78 is 33.4. The van der Waals surface area contributed by atoms with Crippen molar-refractivity contribution in [3.63, 3.8) is 0 Å². The summed E-state index contributed by atoms with van der Waals surface area (Å²) in [6, 6.07) is 0.317. The molecular weight excluding hydrogens is 326 g/mol. The van der Waals surface area contributed by atoms with Crippen molar-refractivity contribution in [2.45, 2.75) is 12.0 Å². The number of amides is 2. The molecule has 2 atom stereocenters. The maximum absolute atomic E-state index is 14.3. The van der Waals surface area contributed by atoms with Gasteiger partial charge in [-0.3, -0.25) is 15.3 Å². The number of methoxy groups -OCH3 is 1. The molecule has 0 fully saturated rings. The number of hydroxylamine groups is 1. The highest BCUT2D eigenvalue weighted by molar-refractivity contribution is 5.92. The molecule has 8 nitrogen and oxygen atoms in total. The second kappa shape index (κ2) is 7.88. The molecule has 0 radical (unpaired) electrons. The minimum absolute atomic E-state index is 0.00985. The van der Waals surface area contributed by atoms with Gasteiger partial charge in [-0.25, -0.2) is 13.6 Å². The predicted molar refractivity (Wildman–Crippen MR) is 80.6 cm³/mol. The lowest BCUT2D eigenvalue weighted by Gasteiger charge is -2.23. The number of ether oxygens (including phenoxy) is 1. The van der Waals surface area contributed by atoms with Crippen LogP contribution in [0.2, 0.25) is 0 Å². The molecule has 0 aromatic heterocycles. The van der Waals surface area contributed by atoms with E-state index in [4.69, 9.17) is 20.4 Å². The van der Waals surface area contributed by atoms with E-state index in [9.17, 15) is 13.6 Å². The third-order valence-corrected chi connectivity index (χ3v) is 3.48. The zero-order chi connectivity index (χ0) is 17.7. The average molecular weight is 344 g/mol. The Morgan fingerprint density at radius 1 is 1.46 bits per heavy atom. The molecule has 1 aromatic rings. The Bertz CT molecular complexity index is 618. The van der Waals surface area contributed by atoms with E-state index in [0.29, 0.717) is 0 Å². The van der Waals surface area contributed by atoms with E-state index in [1.165, 1.54) is 7.11 Å². The molecule has 24 heavy (non-hydrogen) atoms. The van der Waals surface area contributed by atoms with Crippen molar-refractivity contribution >= 4 is 11.9 Å². The van der Waals surface area contributed by atoms with Crippen LogP contribution in [0, 0.1) is 11.6 Å². The number of carbonyl (C=O) groups excluding carboxylic acids is 1. The van der Waals surface area contributed by atoms with Crippen molar-refractivity contribution < 1.29 is 28.3 Å². The molecule has 1 aliphatic rings. The summed E-state index contributed by atoms with van der Waals surface area (Å²) in [4.78, 5) is 20.2. The topological polar surface area (TPSA) is 118 Å². The van der Waals surface area contributed by atoms with Gasteiger partial charge in [-0.2, -0.15) is 0 Å². The second-order valence-electron chi connectivity index (χ2n) is 5.00. The zero-order valence-electron chi connectivity index (χ0n) is 12.9. The number of nitrogens with two attached hydrogens (primary N) is 1. The van der Waals surface area contributed by atoms with Crippen LogP contribution in [0.5, 0.6) is 5.75 Å². The Kier molecular flexibility index (Phi) is 5.88. The number of hydrogen-bond donors (Lipinski definition) is 4. The van der Waals surface area contributed by atoms with Crippen LogP contribution in [-0.4, -0.2) is 49.9 Å². The fourth-order valence-electron chi connectivity index (χ4n) is 2.47. The van der Waals surface area contributed by atoms with Gasteiger partial charge in [0.05, 0.1) is 32.9 Å². The van der Waals surface area contributed by atoms with Crippen LogP contribution in [0.1, 0.15) is 11.5 Å². The van der Waals surface area contributed by atoms with Gasteiger partial charge in [0, 0.05) is 23.6 Å². The third kappa shape index (κ3) is 3.89. The standard InChI is InChI=1S/C14H18F2N4O4/c1-23-7-4-9(15)11(10(16)5-7)8-6-18-13(20-24-3-2-21)12(8)19-14(17)22/h4-5,8,12,21H,2-3,6H2,1H3,(H,18,20)(H3,17,19,22)/t8-,12-/m0/s1. The van der Waals surface area contributed by atoms with E-state index >= 15 is 0 Å². The maximum Gasteiger partial charge on any atom is 0.312 e. The lowest BCUT2D eigenvalue weighted by Crippen LogP contribution is -2.49. The van der Waals surface area contributed by atoms with Crippen LogP contribution in [0.4, 0.5) is 13.6 Å². The van der Waals surface area contributed by atoms with E-state index in [1.807, 2.05) is 0 Å². The molecule has 0 bridgehead atoms. The Balaban J connectivity index is 2.28. The molecule has 0 unspecified atom stereocenters. The minimum Gasteiger partial charge on any atom is -0.497 e. The summed E-state index contributed by atoms with van der Waals surface area (Å²) >= 11 is 0. The van der Waals surface area contributed by atoms with Crippen LogP contribution in [-0.2, 0) is 4.84 Å². The van der Waals surface area contributed by atoms with Crippen LogP contribution < -0.4 is 21.3 Å². The van der Waals surface area contributed by atoms with Crippen LogP contribution in [0.25, 0.3) is 0 Å². The van der Waals surface area contributed by atoms with Gasteiger partial charge in [-0.05, 0) is 0 Å². The van der Waals surface area contributed by atoms with E-state index < -0.39 is 29.6 Å². The van der Waals surface area contributed by atoms with Crippen molar-refractivity contribution in [3.8, 4) is 5.75 Å². The zero-order valence-corrected chi connectivity index (χ0v) is 12.9. The quantitative estimate of drug-likeness (QED) is 0.429. The number of halogens is 2. The van der Waals surface area contributed by atoms with Crippen molar-refractivity contribution in [1.82, 2.24) is 10.8 Å². The number of amidine groups is 1. The Hall–Kier alpha value is -2.46. The van der Waals surface area contributed by atoms with E-state index in [1.54, 1.807) is 0 Å². The van der Waals surface area contributed by atoms with Gasteiger partial charge in [0.1, 0.15) is 23.2 Å². The van der Waals surface area contributed by atoms with Crippen molar-refractivity contribution in [3.05, 3.63) is 29.3 Å². The highest BCUT2D eigenvalue weighted by Gasteiger charge is 2.37. The van der Waals surface area contributed by atoms with E-state index in [2.05, 4.69) is 15.8 Å². The fourth-order valence-corrected chi connectivity index (χ4v) is 2.47. The van der Waals surface area contributed by atoms with Gasteiger partial charge in [0.2, 0.25) is 0 Å². The van der Waals surface area contributed by atoms with Crippen molar-refractivity contribution in [1.29, 1.82) is 0 Å². The van der Waals surface area contributed by atoms with Crippen LogP contribution in [0.3, 0.4) is 0 Å². The van der Waals surface area contributed by atoms with Crippen molar-refractivity contribution in [2.75, 3.05) is 26.9 Å². The number of aliphatic hydroxyl groups is 1. The largest absolute Gasteiger partial charge is 0.497 e. The number of aliphatic imine (C=N–C) groups is 1. The van der Waals surface area contributed by atoms with Gasteiger partial charge in [0.25, 0.3) is 0 Å². The first-order chi connectivity index (χ1) is 11.5. The number of nitrogens with zero attached hydrogens (tertiary/aromatic N) is 1. The Morgan fingerprint density at radius 2 is 2.12 bits per heavy atom. The summed E-state index contributed by atoms with van der Waals surface area (Å²) in [6.45, 7) is -0.256. The Labute approximate surface area is 136 Å². The molecule has 0 aliphatic carbocycles. The number of carbonyl (C=O) groups is 1. The molecule has 10 heteroatoms. The second-order valence-corrected chi connectivity index (χ2v) is 5.00. The number of urea groups is 1. The lowest BCUT2D eigenvalue weighted by atomic mass is 9.92. The highest BCUT2D eigenvalue weighted by Crippen LogP contribution is 2.32. The minimum atomic E-state index is -0.904. The summed E-state index contributed by atoms with van der Waals surface area (Å²) in [5.41, 5.74) is 7.34. The Morgan fingerprint density at radius 3 is 2.67 bits per heavy atom. The molecule has 0 saturated heterocycles. The summed E-state index contributed by atoms with van der Waals surface area (Å²) in [6.07, 6.45) is 0. The first-order valence-electron chi connectivity index (χ1n) is 7.09. The molecule has 0 saturated carbocycles. The molecule has 0 spiro atoms. The fraction of sp³-hybridized carbons (Fsp3) is 0.429. The van der Waals surface area contributed by atoms with Gasteiger partial charge >= 0.3 is 6.03 Å². The van der Waals surface area contributed by atoms with Crippen LogP contribution >= 0.6 is 0 Å². The lowest BCUT2D eigenvalue weighted by molar-refractivity contribution is 0.0517. The first kappa shape index (κ1) is 17.9. The molecule has 1 aliphatic heterocycles. The monoisotopic (exact) mass is 344 g/mol. The summed E-state index contributed by atoms with van der Waals surface area (Å²) in [7, 11) is 1.30. The van der Waals surface area contributed by atoms with Gasteiger partial charge in [-0.15, -0.1) is 0 Å².